The van der Waals surface area contributed by atoms with Gasteiger partial charge in [0.05, 0.1) is 15.8 Å². The Kier molecular flexibility index (Phi) is 6.80. The number of hydrogen-bond acceptors (Lipinski definition) is 4. The molecule has 0 spiro atoms. The van der Waals surface area contributed by atoms with Crippen LogP contribution in [-0.2, 0) is 11.2 Å². The van der Waals surface area contributed by atoms with Crippen molar-refractivity contribution in [1.82, 2.24) is 4.98 Å². The van der Waals surface area contributed by atoms with Gasteiger partial charge in [-0.05, 0) is 65.9 Å². The Labute approximate surface area is 212 Å². The van der Waals surface area contributed by atoms with Gasteiger partial charge in [0.25, 0.3) is 0 Å². The summed E-state index contributed by atoms with van der Waals surface area (Å²) >= 11 is 7.54. The number of aliphatic carboxylic acids is 1. The van der Waals surface area contributed by atoms with Crippen molar-refractivity contribution in [2.24, 2.45) is 0 Å². The number of ether oxygens (including phenoxy) is 1. The Morgan fingerprint density at radius 2 is 1.54 bits per heavy atom. The first-order chi connectivity index (χ1) is 17.1. The standard InChI is InChI=1S/C29H22ClNO3S/c30-22-16-14-21(15-17-22)20-12-9-19(10-13-20)11-18-26(29(32)33)34-25-7-3-1-5-23(25)28-31-24-6-2-4-8-27(24)35-28/h1-10,12-17,26H,11,18H2,(H,32,33). The first-order valence-electron chi connectivity index (χ1n) is 11.3. The van der Waals surface area contributed by atoms with Crippen molar-refractivity contribution in [2.75, 3.05) is 0 Å². The number of benzene rings is 4. The number of para-hydroxylation sites is 2. The van der Waals surface area contributed by atoms with E-state index < -0.39 is 12.1 Å². The predicted molar refractivity (Wildman–Crippen MR) is 142 cm³/mol. The molecule has 1 N–H and O–H groups in total. The van der Waals surface area contributed by atoms with Gasteiger partial charge in [-0.15, -0.1) is 11.3 Å². The SMILES string of the molecule is O=C(O)C(CCc1ccc(-c2ccc(Cl)cc2)cc1)Oc1ccccc1-c1nc2ccccc2s1. The maximum Gasteiger partial charge on any atom is 0.344 e. The molecule has 0 aliphatic carbocycles. The summed E-state index contributed by atoms with van der Waals surface area (Å²) in [5, 5.41) is 11.4. The zero-order chi connectivity index (χ0) is 24.2. The van der Waals surface area contributed by atoms with E-state index in [2.05, 4.69) is 0 Å². The van der Waals surface area contributed by atoms with Crippen LogP contribution in [0.4, 0.5) is 0 Å². The Balaban J connectivity index is 1.31. The summed E-state index contributed by atoms with van der Waals surface area (Å²) in [4.78, 5) is 16.7. The van der Waals surface area contributed by atoms with E-state index in [9.17, 15) is 9.90 Å². The van der Waals surface area contributed by atoms with E-state index >= 15 is 0 Å². The summed E-state index contributed by atoms with van der Waals surface area (Å²) in [6.07, 6.45) is -0.0354. The number of halogens is 1. The third-order valence-corrected chi connectivity index (χ3v) is 7.10. The molecule has 1 heterocycles. The fraction of sp³-hybridized carbons (Fsp3) is 0.103. The maximum absolute atomic E-state index is 12.0. The number of fused-ring (bicyclic) bond motifs is 1. The molecule has 35 heavy (non-hydrogen) atoms. The van der Waals surface area contributed by atoms with Crippen LogP contribution in [0, 0.1) is 0 Å². The van der Waals surface area contributed by atoms with Crippen LogP contribution < -0.4 is 4.74 Å². The van der Waals surface area contributed by atoms with Gasteiger partial charge in [-0.3, -0.25) is 0 Å². The van der Waals surface area contributed by atoms with Gasteiger partial charge in [0.15, 0.2) is 6.10 Å². The van der Waals surface area contributed by atoms with Gasteiger partial charge in [0, 0.05) is 5.02 Å². The summed E-state index contributed by atoms with van der Waals surface area (Å²) in [5.74, 6) is -0.459. The highest BCUT2D eigenvalue weighted by atomic mass is 35.5. The van der Waals surface area contributed by atoms with Gasteiger partial charge >= 0.3 is 5.97 Å². The van der Waals surface area contributed by atoms with Crippen LogP contribution in [0.25, 0.3) is 31.9 Å². The van der Waals surface area contributed by atoms with Gasteiger partial charge in [-0.25, -0.2) is 9.78 Å². The Bertz CT molecular complexity index is 1430. The maximum atomic E-state index is 12.0. The van der Waals surface area contributed by atoms with Crippen LogP contribution >= 0.6 is 22.9 Å². The second-order valence-electron chi connectivity index (χ2n) is 8.17. The highest BCUT2D eigenvalue weighted by Gasteiger charge is 2.22. The minimum absolute atomic E-state index is 0.351. The predicted octanol–water partition coefficient (Wildman–Crippen LogP) is 7.75. The topological polar surface area (TPSA) is 59.4 Å². The minimum Gasteiger partial charge on any atom is -0.479 e. The van der Waals surface area contributed by atoms with Gasteiger partial charge in [-0.2, -0.15) is 0 Å². The average molecular weight is 500 g/mol. The van der Waals surface area contributed by atoms with E-state index in [1.807, 2.05) is 91.0 Å². The third kappa shape index (κ3) is 5.37. The third-order valence-electron chi connectivity index (χ3n) is 5.78. The first kappa shape index (κ1) is 23.1. The van der Waals surface area contributed by atoms with Crippen LogP contribution in [0.5, 0.6) is 5.75 Å². The fourth-order valence-electron chi connectivity index (χ4n) is 3.92. The first-order valence-corrected chi connectivity index (χ1v) is 12.5. The second-order valence-corrected chi connectivity index (χ2v) is 9.64. The summed E-state index contributed by atoms with van der Waals surface area (Å²) in [7, 11) is 0. The van der Waals surface area contributed by atoms with Crippen molar-refractivity contribution in [2.45, 2.75) is 18.9 Å². The van der Waals surface area contributed by atoms with E-state index in [0.29, 0.717) is 23.6 Å². The molecule has 0 saturated carbocycles. The molecule has 4 nitrogen and oxygen atoms in total. The van der Waals surface area contributed by atoms with Crippen LogP contribution in [0.2, 0.25) is 5.02 Å². The molecule has 1 aromatic heterocycles. The quantitative estimate of drug-likeness (QED) is 0.237. The van der Waals surface area contributed by atoms with Gasteiger partial charge in [0.2, 0.25) is 0 Å². The molecule has 6 heteroatoms. The van der Waals surface area contributed by atoms with E-state index in [4.69, 9.17) is 21.3 Å². The molecule has 0 aliphatic heterocycles. The average Bonchev–Trinajstić information content (AvgIpc) is 3.32. The monoisotopic (exact) mass is 499 g/mol. The highest BCUT2D eigenvalue weighted by molar-refractivity contribution is 7.21. The summed E-state index contributed by atoms with van der Waals surface area (Å²) in [5.41, 5.74) is 4.93. The van der Waals surface area contributed by atoms with Crippen molar-refractivity contribution >= 4 is 39.1 Å². The van der Waals surface area contributed by atoms with Crippen molar-refractivity contribution in [3.63, 3.8) is 0 Å². The number of aryl methyl sites for hydroxylation is 1. The lowest BCUT2D eigenvalue weighted by molar-refractivity contribution is -0.145. The number of rotatable bonds is 8. The van der Waals surface area contributed by atoms with Crippen LogP contribution in [-0.4, -0.2) is 22.2 Å². The molecule has 5 rings (SSSR count). The Hall–Kier alpha value is -3.67. The molecule has 0 bridgehead atoms. The number of thiazole rings is 1. The van der Waals surface area contributed by atoms with E-state index in [1.165, 1.54) is 0 Å². The second kappa shape index (κ2) is 10.3. The lowest BCUT2D eigenvalue weighted by Crippen LogP contribution is -2.27. The van der Waals surface area contributed by atoms with Crippen molar-refractivity contribution in [1.29, 1.82) is 0 Å². The molecule has 5 aromatic rings. The largest absolute Gasteiger partial charge is 0.479 e. The van der Waals surface area contributed by atoms with Crippen molar-refractivity contribution in [3.05, 3.63) is 108 Å². The van der Waals surface area contributed by atoms with Crippen LogP contribution in [0.1, 0.15) is 12.0 Å². The zero-order valence-corrected chi connectivity index (χ0v) is 20.3. The smallest absolute Gasteiger partial charge is 0.344 e. The highest BCUT2D eigenvalue weighted by Crippen LogP contribution is 2.36. The minimum atomic E-state index is -0.984. The fourth-order valence-corrected chi connectivity index (χ4v) is 5.05. The summed E-state index contributed by atoms with van der Waals surface area (Å²) < 4.78 is 7.12. The lowest BCUT2D eigenvalue weighted by atomic mass is 10.0. The molecular weight excluding hydrogens is 478 g/mol. The molecule has 1 atom stereocenters. The van der Waals surface area contributed by atoms with Crippen molar-refractivity contribution in [3.8, 4) is 27.4 Å². The molecule has 0 aliphatic rings. The number of nitrogens with zero attached hydrogens (tertiary/aromatic N) is 1. The Morgan fingerprint density at radius 3 is 2.26 bits per heavy atom. The number of carboxylic acid groups (broad SMARTS) is 1. The normalized spacial score (nSPS) is 11.9. The number of hydrogen-bond donors (Lipinski definition) is 1. The number of carboxylic acids is 1. The zero-order valence-electron chi connectivity index (χ0n) is 18.7. The van der Waals surface area contributed by atoms with E-state index in [1.54, 1.807) is 17.4 Å². The number of aromatic nitrogens is 1. The van der Waals surface area contributed by atoms with E-state index in [0.717, 1.165) is 37.5 Å². The van der Waals surface area contributed by atoms with Crippen LogP contribution in [0.3, 0.4) is 0 Å². The van der Waals surface area contributed by atoms with Gasteiger partial charge in [0.1, 0.15) is 10.8 Å². The Morgan fingerprint density at radius 1 is 0.886 bits per heavy atom. The van der Waals surface area contributed by atoms with E-state index in [-0.39, 0.29) is 0 Å². The molecule has 0 saturated heterocycles. The van der Waals surface area contributed by atoms with Gasteiger partial charge in [-0.1, -0.05) is 72.3 Å². The molecule has 0 amide bonds. The molecule has 0 fully saturated rings. The number of carbonyl (C=O) groups is 1. The molecule has 4 aromatic carbocycles. The van der Waals surface area contributed by atoms with Crippen LogP contribution in [0.15, 0.2) is 97.1 Å². The molecule has 1 unspecified atom stereocenters. The summed E-state index contributed by atoms with van der Waals surface area (Å²) in [6.45, 7) is 0. The van der Waals surface area contributed by atoms with Gasteiger partial charge < -0.3 is 9.84 Å². The molecule has 0 radical (unpaired) electrons. The molecular formula is C29H22ClNO3S. The summed E-state index contributed by atoms with van der Waals surface area (Å²) in [6, 6.07) is 31.2. The lowest BCUT2D eigenvalue weighted by Gasteiger charge is -2.17. The molecule has 174 valence electrons. The van der Waals surface area contributed by atoms with Crippen molar-refractivity contribution < 1.29 is 14.6 Å².